The average molecular weight is 283 g/mol. The van der Waals surface area contributed by atoms with Gasteiger partial charge in [0.1, 0.15) is 0 Å². The molecule has 1 aliphatic rings. The number of rotatable bonds is 2. The van der Waals surface area contributed by atoms with E-state index in [1.807, 2.05) is 12.1 Å². The highest BCUT2D eigenvalue weighted by atomic mass is 16.3. The van der Waals surface area contributed by atoms with E-state index in [2.05, 4.69) is 47.1 Å². The molecule has 1 aromatic heterocycles. The molecule has 0 unspecified atom stereocenters. The van der Waals surface area contributed by atoms with Crippen LogP contribution >= 0.6 is 0 Å². The van der Waals surface area contributed by atoms with Crippen molar-refractivity contribution in [3.05, 3.63) is 41.5 Å². The average Bonchev–Trinajstić information content (AvgIpc) is 2.48. The molecule has 21 heavy (non-hydrogen) atoms. The van der Waals surface area contributed by atoms with Crippen molar-refractivity contribution in [2.75, 3.05) is 18.0 Å². The number of piperidine rings is 1. The van der Waals surface area contributed by atoms with Crippen LogP contribution in [0.1, 0.15) is 24.0 Å². The van der Waals surface area contributed by atoms with Gasteiger partial charge in [-0.2, -0.15) is 0 Å². The maximum Gasteiger partial charge on any atom is 0.151 e. The van der Waals surface area contributed by atoms with Gasteiger partial charge in [0.25, 0.3) is 0 Å². The van der Waals surface area contributed by atoms with Crippen LogP contribution in [0.4, 0.5) is 5.82 Å². The fourth-order valence-corrected chi connectivity index (χ4v) is 2.83. The summed E-state index contributed by atoms with van der Waals surface area (Å²) in [6.45, 7) is 5.89. The smallest absolute Gasteiger partial charge is 0.151 e. The van der Waals surface area contributed by atoms with Crippen molar-refractivity contribution >= 4 is 5.82 Å². The van der Waals surface area contributed by atoms with Gasteiger partial charge in [0, 0.05) is 18.7 Å². The number of anilines is 1. The molecule has 2 aromatic rings. The van der Waals surface area contributed by atoms with Crippen molar-refractivity contribution in [2.24, 2.45) is 0 Å². The van der Waals surface area contributed by atoms with Crippen molar-refractivity contribution < 1.29 is 5.11 Å². The number of hydrogen-bond acceptors (Lipinski definition) is 4. The molecule has 110 valence electrons. The molecule has 0 radical (unpaired) electrons. The van der Waals surface area contributed by atoms with Crippen molar-refractivity contribution in [1.29, 1.82) is 0 Å². The molecule has 4 heteroatoms. The maximum absolute atomic E-state index is 9.56. The van der Waals surface area contributed by atoms with Gasteiger partial charge in [-0.05, 0) is 44.4 Å². The summed E-state index contributed by atoms with van der Waals surface area (Å²) in [6, 6.07) is 10.4. The second-order valence-electron chi connectivity index (χ2n) is 5.81. The van der Waals surface area contributed by atoms with E-state index in [9.17, 15) is 5.11 Å². The van der Waals surface area contributed by atoms with Gasteiger partial charge in [0.2, 0.25) is 0 Å². The molecule has 4 nitrogen and oxygen atoms in total. The standard InChI is InChI=1S/C17H21N3O/c1-12-3-4-15(13(2)11-12)16-5-6-17(19-18-16)20-9-7-14(21)8-10-20/h3-6,11,14,21H,7-10H2,1-2H3. The SMILES string of the molecule is Cc1ccc(-c2ccc(N3CCC(O)CC3)nn2)c(C)c1. The molecule has 0 atom stereocenters. The first-order valence-electron chi connectivity index (χ1n) is 7.48. The largest absolute Gasteiger partial charge is 0.393 e. The van der Waals surface area contributed by atoms with Crippen LogP contribution in [0.25, 0.3) is 11.3 Å². The Bertz CT molecular complexity index is 616. The highest BCUT2D eigenvalue weighted by Crippen LogP contribution is 2.24. The number of hydrogen-bond donors (Lipinski definition) is 1. The zero-order valence-corrected chi connectivity index (χ0v) is 12.6. The highest BCUT2D eigenvalue weighted by molar-refractivity contribution is 5.64. The number of aliphatic hydroxyl groups excluding tert-OH is 1. The van der Waals surface area contributed by atoms with E-state index in [-0.39, 0.29) is 6.10 Å². The lowest BCUT2D eigenvalue weighted by molar-refractivity contribution is 0.145. The zero-order chi connectivity index (χ0) is 14.8. The Kier molecular flexibility index (Phi) is 3.88. The fourth-order valence-electron chi connectivity index (χ4n) is 2.83. The topological polar surface area (TPSA) is 49.2 Å². The predicted molar refractivity (Wildman–Crippen MR) is 84.4 cm³/mol. The molecular weight excluding hydrogens is 262 g/mol. The molecule has 0 aliphatic carbocycles. The minimum atomic E-state index is -0.163. The number of aliphatic hydroxyl groups is 1. The van der Waals surface area contributed by atoms with Crippen molar-refractivity contribution in [3.8, 4) is 11.3 Å². The van der Waals surface area contributed by atoms with Gasteiger partial charge in [-0.3, -0.25) is 0 Å². The van der Waals surface area contributed by atoms with Crippen molar-refractivity contribution in [2.45, 2.75) is 32.8 Å². The molecule has 2 heterocycles. The summed E-state index contributed by atoms with van der Waals surface area (Å²) >= 11 is 0. The van der Waals surface area contributed by atoms with E-state index in [0.29, 0.717) is 0 Å². The number of benzene rings is 1. The summed E-state index contributed by atoms with van der Waals surface area (Å²) in [4.78, 5) is 2.19. The number of aromatic nitrogens is 2. The van der Waals surface area contributed by atoms with Crippen LogP contribution in [0.15, 0.2) is 30.3 Å². The van der Waals surface area contributed by atoms with Crippen LogP contribution < -0.4 is 4.90 Å². The predicted octanol–water partition coefficient (Wildman–Crippen LogP) is 2.72. The Labute approximate surface area is 125 Å². The number of aryl methyl sites for hydroxylation is 2. The van der Waals surface area contributed by atoms with Gasteiger partial charge in [0.05, 0.1) is 11.8 Å². The van der Waals surface area contributed by atoms with Crippen LogP contribution in [0.2, 0.25) is 0 Å². The lowest BCUT2D eigenvalue weighted by atomic mass is 10.0. The van der Waals surface area contributed by atoms with Crippen molar-refractivity contribution in [1.82, 2.24) is 10.2 Å². The third kappa shape index (κ3) is 3.05. The molecule has 1 N–H and O–H groups in total. The van der Waals surface area contributed by atoms with Crippen LogP contribution in [-0.2, 0) is 0 Å². The molecule has 1 aromatic carbocycles. The lowest BCUT2D eigenvalue weighted by Gasteiger charge is -2.30. The van der Waals surface area contributed by atoms with E-state index in [0.717, 1.165) is 43.0 Å². The van der Waals surface area contributed by atoms with E-state index < -0.39 is 0 Å². The summed E-state index contributed by atoms with van der Waals surface area (Å²) in [7, 11) is 0. The third-order valence-corrected chi connectivity index (χ3v) is 4.10. The minimum absolute atomic E-state index is 0.163. The molecule has 0 amide bonds. The lowest BCUT2D eigenvalue weighted by Crippen LogP contribution is -2.36. The summed E-state index contributed by atoms with van der Waals surface area (Å²) < 4.78 is 0. The molecule has 1 fully saturated rings. The monoisotopic (exact) mass is 283 g/mol. The Balaban J connectivity index is 1.80. The summed E-state index contributed by atoms with van der Waals surface area (Å²) in [6.07, 6.45) is 1.45. The zero-order valence-electron chi connectivity index (χ0n) is 12.6. The van der Waals surface area contributed by atoms with Crippen LogP contribution in [0, 0.1) is 13.8 Å². The molecule has 0 bridgehead atoms. The second kappa shape index (κ2) is 5.82. The highest BCUT2D eigenvalue weighted by Gasteiger charge is 2.18. The van der Waals surface area contributed by atoms with E-state index >= 15 is 0 Å². The summed E-state index contributed by atoms with van der Waals surface area (Å²) in [5.74, 6) is 0.899. The first-order valence-corrected chi connectivity index (χ1v) is 7.48. The molecule has 0 saturated carbocycles. The van der Waals surface area contributed by atoms with E-state index in [4.69, 9.17) is 0 Å². The summed E-state index contributed by atoms with van der Waals surface area (Å²) in [5.41, 5.74) is 4.52. The second-order valence-corrected chi connectivity index (χ2v) is 5.81. The van der Waals surface area contributed by atoms with Gasteiger partial charge >= 0.3 is 0 Å². The van der Waals surface area contributed by atoms with Gasteiger partial charge in [-0.25, -0.2) is 0 Å². The third-order valence-electron chi connectivity index (χ3n) is 4.10. The maximum atomic E-state index is 9.56. The Morgan fingerprint density at radius 3 is 2.43 bits per heavy atom. The number of nitrogens with zero attached hydrogens (tertiary/aromatic N) is 3. The minimum Gasteiger partial charge on any atom is -0.393 e. The van der Waals surface area contributed by atoms with Gasteiger partial charge < -0.3 is 10.0 Å². The first-order chi connectivity index (χ1) is 10.1. The molecule has 1 aliphatic heterocycles. The van der Waals surface area contributed by atoms with Crippen molar-refractivity contribution in [3.63, 3.8) is 0 Å². The van der Waals surface area contributed by atoms with Gasteiger partial charge in [0.15, 0.2) is 5.82 Å². The van der Waals surface area contributed by atoms with Gasteiger partial charge in [-0.1, -0.05) is 23.8 Å². The van der Waals surface area contributed by atoms with Gasteiger partial charge in [-0.15, -0.1) is 10.2 Å². The molecular formula is C17H21N3O. The van der Waals surface area contributed by atoms with E-state index in [1.54, 1.807) is 0 Å². The fraction of sp³-hybridized carbons (Fsp3) is 0.412. The molecule has 0 spiro atoms. The van der Waals surface area contributed by atoms with E-state index in [1.165, 1.54) is 11.1 Å². The normalized spacial score (nSPS) is 16.2. The quantitative estimate of drug-likeness (QED) is 0.920. The van der Waals surface area contributed by atoms with Crippen LogP contribution in [-0.4, -0.2) is 34.5 Å². The van der Waals surface area contributed by atoms with Crippen LogP contribution in [0.3, 0.4) is 0 Å². The molecule has 1 saturated heterocycles. The Hall–Kier alpha value is -1.94. The first kappa shape index (κ1) is 14.0. The van der Waals surface area contributed by atoms with Crippen LogP contribution in [0.5, 0.6) is 0 Å². The molecule has 3 rings (SSSR count). The summed E-state index contributed by atoms with van der Waals surface area (Å²) in [5, 5.41) is 18.3. The Morgan fingerprint density at radius 2 is 1.81 bits per heavy atom. The Morgan fingerprint density at radius 1 is 1.05 bits per heavy atom.